The molecule has 0 aromatic carbocycles. The first-order valence-electron chi connectivity index (χ1n) is 5.00. The zero-order chi connectivity index (χ0) is 9.40. The molecule has 0 heterocycles. The van der Waals surface area contributed by atoms with Gasteiger partial charge in [0.25, 0.3) is 0 Å². The highest BCUT2D eigenvalue weighted by Gasteiger charge is 2.03. The molecule has 0 amide bonds. The maximum absolute atomic E-state index is 5.65. The van der Waals surface area contributed by atoms with E-state index >= 15 is 0 Å². The van der Waals surface area contributed by atoms with Crippen molar-refractivity contribution in [3.05, 3.63) is 0 Å². The predicted octanol–water partition coefficient (Wildman–Crippen LogP) is 3.03. The second-order valence-electron chi connectivity index (χ2n) is 3.68. The van der Waals surface area contributed by atoms with Crippen LogP contribution in [0.5, 0.6) is 0 Å². The number of hydrogen-bond donors (Lipinski definition) is 1. The van der Waals surface area contributed by atoms with Crippen molar-refractivity contribution in [2.24, 2.45) is 5.92 Å². The molecule has 2 heteroatoms. The van der Waals surface area contributed by atoms with Crippen LogP contribution < -0.4 is 5.32 Å². The van der Waals surface area contributed by atoms with Crippen molar-refractivity contribution in [1.82, 2.24) is 5.32 Å². The molecule has 2 unspecified atom stereocenters. The Morgan fingerprint density at radius 3 is 2.42 bits per heavy atom. The average Bonchev–Trinajstić information content (AvgIpc) is 2.02. The van der Waals surface area contributed by atoms with Crippen molar-refractivity contribution in [1.29, 1.82) is 0 Å². The molecular weight excluding hydrogens is 170 g/mol. The molecule has 0 aromatic heterocycles. The number of halogens is 1. The van der Waals surface area contributed by atoms with Gasteiger partial charge in [-0.1, -0.05) is 20.3 Å². The molecule has 0 radical (unpaired) electrons. The van der Waals surface area contributed by atoms with E-state index in [4.69, 9.17) is 11.6 Å². The Kier molecular flexibility index (Phi) is 8.04. The van der Waals surface area contributed by atoms with Crippen LogP contribution in [0.3, 0.4) is 0 Å². The van der Waals surface area contributed by atoms with Crippen LogP contribution in [0.1, 0.15) is 40.0 Å². The van der Waals surface area contributed by atoms with Crippen molar-refractivity contribution >= 4 is 11.6 Å². The summed E-state index contributed by atoms with van der Waals surface area (Å²) in [5.74, 6) is 1.49. The number of rotatable bonds is 7. The van der Waals surface area contributed by atoms with Gasteiger partial charge in [-0.25, -0.2) is 0 Å². The van der Waals surface area contributed by atoms with E-state index in [1.807, 2.05) is 0 Å². The fourth-order valence-corrected chi connectivity index (χ4v) is 1.60. The third-order valence-electron chi connectivity index (χ3n) is 2.14. The van der Waals surface area contributed by atoms with Crippen LogP contribution >= 0.6 is 11.6 Å². The van der Waals surface area contributed by atoms with Gasteiger partial charge in [-0.3, -0.25) is 0 Å². The van der Waals surface area contributed by atoms with Crippen LogP contribution in [-0.4, -0.2) is 18.5 Å². The zero-order valence-electron chi connectivity index (χ0n) is 8.57. The average molecular weight is 192 g/mol. The topological polar surface area (TPSA) is 12.0 Å². The van der Waals surface area contributed by atoms with Crippen LogP contribution in [0, 0.1) is 5.92 Å². The highest BCUT2D eigenvalue weighted by Crippen LogP contribution is 2.03. The second kappa shape index (κ2) is 7.88. The Hall–Kier alpha value is 0.250. The van der Waals surface area contributed by atoms with E-state index in [9.17, 15) is 0 Å². The predicted molar refractivity (Wildman–Crippen MR) is 56.9 cm³/mol. The van der Waals surface area contributed by atoms with Crippen LogP contribution in [-0.2, 0) is 0 Å². The van der Waals surface area contributed by atoms with Crippen LogP contribution in [0.4, 0.5) is 0 Å². The lowest BCUT2D eigenvalue weighted by Gasteiger charge is -2.16. The van der Waals surface area contributed by atoms with Gasteiger partial charge >= 0.3 is 0 Å². The highest BCUT2D eigenvalue weighted by molar-refractivity contribution is 6.17. The quantitative estimate of drug-likeness (QED) is 0.611. The van der Waals surface area contributed by atoms with Crippen LogP contribution in [0.15, 0.2) is 0 Å². The molecule has 74 valence electrons. The van der Waals surface area contributed by atoms with Crippen molar-refractivity contribution in [2.75, 3.05) is 12.4 Å². The third kappa shape index (κ3) is 6.93. The van der Waals surface area contributed by atoms with Crippen molar-refractivity contribution in [3.8, 4) is 0 Å². The summed E-state index contributed by atoms with van der Waals surface area (Å²) in [4.78, 5) is 0. The van der Waals surface area contributed by atoms with Gasteiger partial charge in [-0.15, -0.1) is 11.6 Å². The summed E-state index contributed by atoms with van der Waals surface area (Å²) in [6.45, 7) is 7.82. The van der Waals surface area contributed by atoms with E-state index < -0.39 is 0 Å². The van der Waals surface area contributed by atoms with Gasteiger partial charge in [0.2, 0.25) is 0 Å². The van der Waals surface area contributed by atoms with Gasteiger partial charge in [0.05, 0.1) is 0 Å². The number of alkyl halides is 1. The Labute approximate surface area is 81.9 Å². The summed E-state index contributed by atoms with van der Waals surface area (Å²) in [6.07, 6.45) is 3.65. The summed E-state index contributed by atoms with van der Waals surface area (Å²) >= 11 is 5.65. The highest BCUT2D eigenvalue weighted by atomic mass is 35.5. The minimum absolute atomic E-state index is 0.660. The SMILES string of the molecule is CCCC(C)NCC(C)CCCl. The molecule has 0 fully saturated rings. The Balaban J connectivity index is 3.27. The Morgan fingerprint density at radius 1 is 1.25 bits per heavy atom. The summed E-state index contributed by atoms with van der Waals surface area (Å²) in [6, 6.07) is 0.660. The van der Waals surface area contributed by atoms with Gasteiger partial charge in [0.15, 0.2) is 0 Å². The van der Waals surface area contributed by atoms with Gasteiger partial charge in [0, 0.05) is 11.9 Å². The van der Waals surface area contributed by atoms with E-state index in [2.05, 4.69) is 26.1 Å². The van der Waals surface area contributed by atoms with Crippen LogP contribution in [0.25, 0.3) is 0 Å². The molecule has 0 saturated carbocycles. The van der Waals surface area contributed by atoms with E-state index in [1.165, 1.54) is 12.8 Å². The minimum atomic E-state index is 0.660. The molecule has 0 saturated heterocycles. The molecule has 12 heavy (non-hydrogen) atoms. The first-order valence-corrected chi connectivity index (χ1v) is 5.53. The lowest BCUT2D eigenvalue weighted by atomic mass is 10.1. The maximum atomic E-state index is 5.65. The smallest absolute Gasteiger partial charge is 0.0226 e. The zero-order valence-corrected chi connectivity index (χ0v) is 9.32. The van der Waals surface area contributed by atoms with E-state index in [0.29, 0.717) is 12.0 Å². The molecule has 0 aromatic rings. The van der Waals surface area contributed by atoms with E-state index in [-0.39, 0.29) is 0 Å². The van der Waals surface area contributed by atoms with Crippen molar-refractivity contribution in [2.45, 2.75) is 46.1 Å². The maximum Gasteiger partial charge on any atom is 0.0226 e. The number of nitrogens with one attached hydrogen (secondary N) is 1. The van der Waals surface area contributed by atoms with Gasteiger partial charge < -0.3 is 5.32 Å². The largest absolute Gasteiger partial charge is 0.314 e. The number of hydrogen-bond acceptors (Lipinski definition) is 1. The first kappa shape index (κ1) is 12.2. The summed E-state index contributed by atoms with van der Waals surface area (Å²) < 4.78 is 0. The molecule has 1 N–H and O–H groups in total. The summed E-state index contributed by atoms with van der Waals surface area (Å²) in [5.41, 5.74) is 0. The molecular formula is C10H22ClN. The van der Waals surface area contributed by atoms with Crippen molar-refractivity contribution in [3.63, 3.8) is 0 Å². The fourth-order valence-electron chi connectivity index (χ4n) is 1.23. The Morgan fingerprint density at radius 2 is 1.92 bits per heavy atom. The second-order valence-corrected chi connectivity index (χ2v) is 4.06. The van der Waals surface area contributed by atoms with Crippen molar-refractivity contribution < 1.29 is 0 Å². The molecule has 0 bridgehead atoms. The summed E-state index contributed by atoms with van der Waals surface area (Å²) in [5, 5.41) is 3.51. The standard InChI is InChI=1S/C10H22ClN/c1-4-5-10(3)12-8-9(2)6-7-11/h9-10,12H,4-8H2,1-3H3. The Bertz CT molecular complexity index is 83.8. The molecule has 2 atom stereocenters. The van der Waals surface area contributed by atoms with Gasteiger partial charge in [-0.05, 0) is 32.2 Å². The minimum Gasteiger partial charge on any atom is -0.314 e. The molecule has 0 aliphatic heterocycles. The molecule has 0 rings (SSSR count). The lowest BCUT2D eigenvalue weighted by molar-refractivity contribution is 0.437. The lowest BCUT2D eigenvalue weighted by Crippen LogP contribution is -2.30. The summed E-state index contributed by atoms with van der Waals surface area (Å²) in [7, 11) is 0. The molecule has 0 spiro atoms. The third-order valence-corrected chi connectivity index (χ3v) is 2.36. The van der Waals surface area contributed by atoms with E-state index in [1.54, 1.807) is 0 Å². The van der Waals surface area contributed by atoms with Gasteiger partial charge in [0.1, 0.15) is 0 Å². The van der Waals surface area contributed by atoms with Crippen LogP contribution in [0.2, 0.25) is 0 Å². The fraction of sp³-hybridized carbons (Fsp3) is 1.00. The molecule has 1 nitrogen and oxygen atoms in total. The molecule has 0 aliphatic carbocycles. The molecule has 0 aliphatic rings. The van der Waals surface area contributed by atoms with E-state index in [0.717, 1.165) is 18.8 Å². The normalized spacial score (nSPS) is 16.0. The monoisotopic (exact) mass is 191 g/mol. The first-order chi connectivity index (χ1) is 5.70. The van der Waals surface area contributed by atoms with Gasteiger partial charge in [-0.2, -0.15) is 0 Å².